The summed E-state index contributed by atoms with van der Waals surface area (Å²) in [7, 11) is 1.59. The third-order valence-electron chi connectivity index (χ3n) is 4.47. The Morgan fingerprint density at radius 3 is 2.95 bits per heavy atom. The standard InChI is InChI=1S/C17H17NO2/c1-20-14-6-5-11-9-13-15-10(7-8-18-13)3-2-4-12(15)16(11)17(14)19/h2-6,13,18-19H,7-9H2,1H3. The number of benzene rings is 2. The van der Waals surface area contributed by atoms with Gasteiger partial charge in [0.05, 0.1) is 7.11 Å². The first-order valence-electron chi connectivity index (χ1n) is 7.04. The van der Waals surface area contributed by atoms with Crippen molar-refractivity contribution in [1.29, 1.82) is 0 Å². The first-order valence-corrected chi connectivity index (χ1v) is 7.04. The minimum atomic E-state index is 0.266. The average molecular weight is 267 g/mol. The Balaban J connectivity index is 2.03. The number of hydrogen-bond donors (Lipinski definition) is 2. The van der Waals surface area contributed by atoms with E-state index in [0.717, 1.165) is 30.5 Å². The lowest BCUT2D eigenvalue weighted by Crippen LogP contribution is -2.33. The molecule has 0 radical (unpaired) electrons. The molecule has 0 fully saturated rings. The van der Waals surface area contributed by atoms with Crippen molar-refractivity contribution in [3.05, 3.63) is 47.0 Å². The van der Waals surface area contributed by atoms with E-state index in [1.54, 1.807) is 7.11 Å². The van der Waals surface area contributed by atoms with Crippen LogP contribution in [0.1, 0.15) is 22.7 Å². The molecule has 1 aliphatic heterocycles. The van der Waals surface area contributed by atoms with Crippen molar-refractivity contribution >= 4 is 0 Å². The zero-order valence-corrected chi connectivity index (χ0v) is 11.4. The first-order chi connectivity index (χ1) is 9.79. The van der Waals surface area contributed by atoms with Gasteiger partial charge in [-0.15, -0.1) is 0 Å². The van der Waals surface area contributed by atoms with Crippen molar-refractivity contribution in [2.75, 3.05) is 13.7 Å². The van der Waals surface area contributed by atoms with Crippen molar-refractivity contribution in [1.82, 2.24) is 5.32 Å². The van der Waals surface area contributed by atoms with E-state index < -0.39 is 0 Å². The summed E-state index contributed by atoms with van der Waals surface area (Å²) in [5.41, 5.74) is 6.04. The molecule has 0 saturated heterocycles. The van der Waals surface area contributed by atoms with E-state index in [4.69, 9.17) is 4.74 Å². The van der Waals surface area contributed by atoms with Crippen LogP contribution in [0.4, 0.5) is 0 Å². The Morgan fingerprint density at radius 2 is 2.10 bits per heavy atom. The summed E-state index contributed by atoms with van der Waals surface area (Å²) in [4.78, 5) is 0. The van der Waals surface area contributed by atoms with Gasteiger partial charge in [-0.25, -0.2) is 0 Å². The second kappa shape index (κ2) is 4.25. The number of methoxy groups -OCH3 is 1. The molecule has 2 aliphatic rings. The summed E-state index contributed by atoms with van der Waals surface area (Å²) in [5, 5.41) is 14.1. The highest BCUT2D eigenvalue weighted by Crippen LogP contribution is 2.48. The van der Waals surface area contributed by atoms with Crippen molar-refractivity contribution < 1.29 is 9.84 Å². The molecular weight excluding hydrogens is 250 g/mol. The third-order valence-corrected chi connectivity index (χ3v) is 4.47. The number of phenolic OH excluding ortho intramolecular Hbond substituents is 1. The molecule has 4 rings (SSSR count). The van der Waals surface area contributed by atoms with Crippen LogP contribution < -0.4 is 10.1 Å². The lowest BCUT2D eigenvalue weighted by molar-refractivity contribution is 0.373. The number of fused-ring (bicyclic) bond motifs is 2. The van der Waals surface area contributed by atoms with Gasteiger partial charge in [-0.05, 0) is 47.7 Å². The minimum absolute atomic E-state index is 0.266. The van der Waals surface area contributed by atoms with Crippen molar-refractivity contribution in [3.8, 4) is 22.6 Å². The van der Waals surface area contributed by atoms with Crippen LogP contribution in [-0.4, -0.2) is 18.8 Å². The molecule has 1 atom stereocenters. The second-order valence-corrected chi connectivity index (χ2v) is 5.49. The lowest BCUT2D eigenvalue weighted by atomic mass is 9.77. The molecule has 2 aromatic carbocycles. The van der Waals surface area contributed by atoms with Crippen molar-refractivity contribution in [2.24, 2.45) is 0 Å². The van der Waals surface area contributed by atoms with E-state index in [1.165, 1.54) is 16.7 Å². The first kappa shape index (κ1) is 11.8. The molecule has 0 amide bonds. The fourth-order valence-corrected chi connectivity index (χ4v) is 3.59. The van der Waals surface area contributed by atoms with Crippen LogP contribution >= 0.6 is 0 Å². The van der Waals surface area contributed by atoms with Crippen LogP contribution in [0.15, 0.2) is 30.3 Å². The predicted octanol–water partition coefficient (Wildman–Crippen LogP) is 2.81. The second-order valence-electron chi connectivity index (χ2n) is 5.49. The van der Waals surface area contributed by atoms with Gasteiger partial charge in [-0.2, -0.15) is 0 Å². The fourth-order valence-electron chi connectivity index (χ4n) is 3.59. The van der Waals surface area contributed by atoms with E-state index in [1.807, 2.05) is 6.07 Å². The Kier molecular flexibility index (Phi) is 2.51. The van der Waals surface area contributed by atoms with E-state index in [0.29, 0.717) is 11.8 Å². The molecule has 1 aliphatic carbocycles. The average Bonchev–Trinajstić information content (AvgIpc) is 2.48. The summed E-state index contributed by atoms with van der Waals surface area (Å²) in [6.45, 7) is 1.03. The molecule has 102 valence electrons. The molecule has 2 aromatic rings. The van der Waals surface area contributed by atoms with Crippen LogP contribution in [0.25, 0.3) is 11.1 Å². The van der Waals surface area contributed by atoms with Gasteiger partial charge in [0.1, 0.15) is 0 Å². The highest BCUT2D eigenvalue weighted by molar-refractivity contribution is 5.82. The highest BCUT2D eigenvalue weighted by atomic mass is 16.5. The Bertz CT molecular complexity index is 694. The topological polar surface area (TPSA) is 41.5 Å². The smallest absolute Gasteiger partial charge is 0.165 e. The summed E-state index contributed by atoms with van der Waals surface area (Å²) in [5.74, 6) is 0.811. The summed E-state index contributed by atoms with van der Waals surface area (Å²) in [6.07, 6.45) is 1.98. The van der Waals surface area contributed by atoms with Crippen LogP contribution in [0, 0.1) is 0 Å². The largest absolute Gasteiger partial charge is 0.504 e. The molecule has 3 nitrogen and oxygen atoms in total. The van der Waals surface area contributed by atoms with E-state index in [9.17, 15) is 5.11 Å². The van der Waals surface area contributed by atoms with Crippen LogP contribution in [0.5, 0.6) is 11.5 Å². The normalized spacial score (nSPS) is 19.1. The number of hydrogen-bond acceptors (Lipinski definition) is 3. The van der Waals surface area contributed by atoms with Crippen LogP contribution in [0.3, 0.4) is 0 Å². The monoisotopic (exact) mass is 267 g/mol. The van der Waals surface area contributed by atoms with Crippen molar-refractivity contribution in [3.63, 3.8) is 0 Å². The Morgan fingerprint density at radius 1 is 1.20 bits per heavy atom. The Labute approximate surface area is 118 Å². The van der Waals surface area contributed by atoms with Gasteiger partial charge >= 0.3 is 0 Å². The van der Waals surface area contributed by atoms with E-state index in [2.05, 4.69) is 29.6 Å². The molecule has 0 aromatic heterocycles. The number of rotatable bonds is 1. The zero-order chi connectivity index (χ0) is 13.7. The third kappa shape index (κ3) is 1.50. The molecule has 0 bridgehead atoms. The number of aromatic hydroxyl groups is 1. The van der Waals surface area contributed by atoms with E-state index >= 15 is 0 Å². The van der Waals surface area contributed by atoms with Crippen LogP contribution in [0.2, 0.25) is 0 Å². The zero-order valence-electron chi connectivity index (χ0n) is 11.4. The maximum absolute atomic E-state index is 10.5. The fraction of sp³-hybridized carbons (Fsp3) is 0.294. The summed E-state index contributed by atoms with van der Waals surface area (Å²) < 4.78 is 5.26. The molecular formula is C17H17NO2. The number of nitrogens with one attached hydrogen (secondary N) is 1. The molecule has 1 heterocycles. The van der Waals surface area contributed by atoms with Gasteiger partial charge in [-0.3, -0.25) is 0 Å². The highest BCUT2D eigenvalue weighted by Gasteiger charge is 2.31. The van der Waals surface area contributed by atoms with Crippen molar-refractivity contribution in [2.45, 2.75) is 18.9 Å². The molecule has 1 unspecified atom stereocenters. The minimum Gasteiger partial charge on any atom is -0.504 e. The van der Waals surface area contributed by atoms with Gasteiger partial charge in [-0.1, -0.05) is 24.3 Å². The SMILES string of the molecule is COc1ccc2c(c1O)-c1cccc3c1C(C2)NCC3. The lowest BCUT2D eigenvalue weighted by Gasteiger charge is -2.34. The van der Waals surface area contributed by atoms with Gasteiger partial charge in [0.15, 0.2) is 11.5 Å². The maximum atomic E-state index is 10.5. The maximum Gasteiger partial charge on any atom is 0.165 e. The molecule has 3 heteroatoms. The number of phenols is 1. The van der Waals surface area contributed by atoms with Gasteiger partial charge < -0.3 is 15.2 Å². The van der Waals surface area contributed by atoms with Gasteiger partial charge in [0.2, 0.25) is 0 Å². The molecule has 20 heavy (non-hydrogen) atoms. The Hall–Kier alpha value is -2.00. The quantitative estimate of drug-likeness (QED) is 0.835. The van der Waals surface area contributed by atoms with E-state index in [-0.39, 0.29) is 5.75 Å². The summed E-state index contributed by atoms with van der Waals surface area (Å²) >= 11 is 0. The molecule has 0 saturated carbocycles. The summed E-state index contributed by atoms with van der Waals surface area (Å²) in [6, 6.07) is 10.7. The van der Waals surface area contributed by atoms with Gasteiger partial charge in [0.25, 0.3) is 0 Å². The van der Waals surface area contributed by atoms with Crippen LogP contribution in [-0.2, 0) is 12.8 Å². The van der Waals surface area contributed by atoms with Gasteiger partial charge in [0, 0.05) is 11.6 Å². The molecule has 2 N–H and O–H groups in total. The number of ether oxygens (including phenoxy) is 1. The predicted molar refractivity (Wildman–Crippen MR) is 78.2 cm³/mol. The molecule has 0 spiro atoms.